The molecule has 2 aromatic carbocycles. The molecule has 6 nitrogen and oxygen atoms in total. The fraction of sp³-hybridized carbons (Fsp3) is 0.105. The quantitative estimate of drug-likeness (QED) is 0.521. The number of nitrogens with two attached hydrogens (primary N) is 1. The van der Waals surface area contributed by atoms with E-state index in [0.29, 0.717) is 12.2 Å². The Hall–Kier alpha value is -3.26. The Labute approximate surface area is 164 Å². The van der Waals surface area contributed by atoms with Crippen molar-refractivity contribution >= 4 is 40.0 Å². The number of fused-ring (bicyclic) bond motifs is 1. The predicted molar refractivity (Wildman–Crippen MR) is 105 cm³/mol. The zero-order chi connectivity index (χ0) is 19.8. The van der Waals surface area contributed by atoms with Crippen LogP contribution >= 0.6 is 11.6 Å². The number of imidazole rings is 1. The molecular weight excluding hydrogens is 386 g/mol. The zero-order valence-corrected chi connectivity index (χ0v) is 15.5. The average Bonchev–Trinajstić information content (AvgIpc) is 3.07. The van der Waals surface area contributed by atoms with Crippen molar-refractivity contribution in [2.45, 2.75) is 13.3 Å². The van der Waals surface area contributed by atoms with Gasteiger partial charge in [0.15, 0.2) is 11.6 Å². The van der Waals surface area contributed by atoms with Crippen molar-refractivity contribution in [1.82, 2.24) is 19.5 Å². The SMILES string of the molecule is CCc1nc2ccccc2n1-c1nc(N)c(F)c(Nc2ccc(Cl)c(F)c2)n1. The molecule has 142 valence electrons. The fourth-order valence-electron chi connectivity index (χ4n) is 2.88. The first-order chi connectivity index (χ1) is 13.5. The molecule has 0 unspecified atom stereocenters. The fourth-order valence-corrected chi connectivity index (χ4v) is 3.00. The van der Waals surface area contributed by atoms with E-state index in [-0.39, 0.29) is 28.3 Å². The van der Waals surface area contributed by atoms with Gasteiger partial charge in [-0.3, -0.25) is 4.57 Å². The molecule has 0 saturated carbocycles. The molecule has 3 N–H and O–H groups in total. The van der Waals surface area contributed by atoms with Crippen molar-refractivity contribution in [3.63, 3.8) is 0 Å². The molecule has 4 aromatic rings. The number of nitrogens with one attached hydrogen (secondary N) is 1. The minimum absolute atomic E-state index is 0.0358. The number of aryl methyl sites for hydroxylation is 1. The van der Waals surface area contributed by atoms with Crippen LogP contribution in [0.15, 0.2) is 42.5 Å². The Morgan fingerprint density at radius 3 is 2.64 bits per heavy atom. The van der Waals surface area contributed by atoms with E-state index >= 15 is 0 Å². The lowest BCUT2D eigenvalue weighted by atomic mass is 10.3. The monoisotopic (exact) mass is 400 g/mol. The van der Waals surface area contributed by atoms with Crippen LogP contribution < -0.4 is 11.1 Å². The van der Waals surface area contributed by atoms with Crippen molar-refractivity contribution in [3.8, 4) is 5.95 Å². The molecule has 0 aliphatic heterocycles. The van der Waals surface area contributed by atoms with Crippen LogP contribution in [0.5, 0.6) is 0 Å². The Morgan fingerprint density at radius 1 is 1.11 bits per heavy atom. The molecule has 4 rings (SSSR count). The first-order valence-electron chi connectivity index (χ1n) is 8.49. The van der Waals surface area contributed by atoms with Crippen molar-refractivity contribution in [2.24, 2.45) is 0 Å². The molecule has 0 amide bonds. The molecule has 28 heavy (non-hydrogen) atoms. The van der Waals surface area contributed by atoms with Gasteiger partial charge in [0.2, 0.25) is 11.8 Å². The van der Waals surface area contributed by atoms with Crippen molar-refractivity contribution < 1.29 is 8.78 Å². The Balaban J connectivity index is 1.85. The first kappa shape index (κ1) is 18.1. The summed E-state index contributed by atoms with van der Waals surface area (Å²) in [6.45, 7) is 1.94. The summed E-state index contributed by atoms with van der Waals surface area (Å²) in [6, 6.07) is 11.5. The lowest BCUT2D eigenvalue weighted by Gasteiger charge is -2.12. The topological polar surface area (TPSA) is 81.7 Å². The Morgan fingerprint density at radius 2 is 1.89 bits per heavy atom. The normalized spacial score (nSPS) is 11.1. The number of hydrogen-bond donors (Lipinski definition) is 2. The highest BCUT2D eigenvalue weighted by Gasteiger charge is 2.18. The standard InChI is InChI=1S/C19H15ClF2N6/c1-2-15-25-13-5-3-4-6-14(13)28(15)19-26-17(23)16(22)18(27-19)24-10-7-8-11(20)12(21)9-10/h3-9H,2H2,1H3,(H3,23,24,26,27). The second-order valence-corrected chi connectivity index (χ2v) is 6.44. The Kier molecular flexibility index (Phi) is 4.56. The number of anilines is 3. The van der Waals surface area contributed by atoms with Gasteiger partial charge in [-0.15, -0.1) is 0 Å². The molecule has 2 heterocycles. The van der Waals surface area contributed by atoms with Crippen molar-refractivity contribution in [2.75, 3.05) is 11.1 Å². The molecule has 0 saturated heterocycles. The highest BCUT2D eigenvalue weighted by molar-refractivity contribution is 6.30. The van der Waals surface area contributed by atoms with E-state index in [2.05, 4.69) is 20.3 Å². The molecule has 0 spiro atoms. The summed E-state index contributed by atoms with van der Waals surface area (Å²) in [4.78, 5) is 12.9. The molecule has 2 aromatic heterocycles. The van der Waals surface area contributed by atoms with E-state index in [1.54, 1.807) is 4.57 Å². The van der Waals surface area contributed by atoms with E-state index in [0.717, 1.165) is 17.1 Å². The van der Waals surface area contributed by atoms with Crippen molar-refractivity contribution in [1.29, 1.82) is 0 Å². The number of para-hydroxylation sites is 2. The zero-order valence-electron chi connectivity index (χ0n) is 14.7. The van der Waals surface area contributed by atoms with Crippen LogP contribution in [0.2, 0.25) is 5.02 Å². The largest absolute Gasteiger partial charge is 0.381 e. The van der Waals surface area contributed by atoms with Gasteiger partial charge in [-0.1, -0.05) is 30.7 Å². The van der Waals surface area contributed by atoms with Gasteiger partial charge in [0, 0.05) is 12.1 Å². The third-order valence-corrected chi connectivity index (χ3v) is 4.50. The molecule has 0 radical (unpaired) electrons. The summed E-state index contributed by atoms with van der Waals surface area (Å²) in [5.74, 6) is -1.10. The van der Waals surface area contributed by atoms with Crippen LogP contribution in [-0.2, 0) is 6.42 Å². The van der Waals surface area contributed by atoms with Gasteiger partial charge < -0.3 is 11.1 Å². The maximum Gasteiger partial charge on any atom is 0.239 e. The van der Waals surface area contributed by atoms with Crippen molar-refractivity contribution in [3.05, 3.63) is 64.9 Å². The second-order valence-electron chi connectivity index (χ2n) is 6.03. The summed E-state index contributed by atoms with van der Waals surface area (Å²) >= 11 is 5.69. The summed E-state index contributed by atoms with van der Waals surface area (Å²) in [6.07, 6.45) is 0.612. The van der Waals surface area contributed by atoms with Crippen LogP contribution in [0.3, 0.4) is 0 Å². The summed E-state index contributed by atoms with van der Waals surface area (Å²) in [5, 5.41) is 2.69. The lowest BCUT2D eigenvalue weighted by molar-refractivity contribution is 0.621. The third kappa shape index (κ3) is 3.11. The van der Waals surface area contributed by atoms with Gasteiger partial charge in [0.1, 0.15) is 11.6 Å². The predicted octanol–water partition coefficient (Wildman–Crippen LogP) is 4.64. The summed E-state index contributed by atoms with van der Waals surface area (Å²) < 4.78 is 30.0. The molecule has 0 aliphatic carbocycles. The van der Waals surface area contributed by atoms with E-state index in [1.807, 2.05) is 31.2 Å². The highest BCUT2D eigenvalue weighted by atomic mass is 35.5. The molecular formula is C19H15ClF2N6. The number of nitrogen functional groups attached to an aromatic ring is 1. The van der Waals surface area contributed by atoms with Crippen LogP contribution in [-0.4, -0.2) is 19.5 Å². The van der Waals surface area contributed by atoms with Crippen LogP contribution in [0.25, 0.3) is 17.0 Å². The van der Waals surface area contributed by atoms with Gasteiger partial charge in [-0.25, -0.2) is 9.37 Å². The van der Waals surface area contributed by atoms with Crippen LogP contribution in [0, 0.1) is 11.6 Å². The first-order valence-corrected chi connectivity index (χ1v) is 8.87. The van der Waals surface area contributed by atoms with Gasteiger partial charge in [-0.2, -0.15) is 14.4 Å². The maximum absolute atomic E-state index is 14.5. The molecule has 0 aliphatic rings. The van der Waals surface area contributed by atoms with E-state index in [9.17, 15) is 8.78 Å². The second kappa shape index (κ2) is 7.05. The molecule has 0 bridgehead atoms. The summed E-state index contributed by atoms with van der Waals surface area (Å²) in [5.41, 5.74) is 7.59. The highest BCUT2D eigenvalue weighted by Crippen LogP contribution is 2.27. The number of nitrogens with zero attached hydrogens (tertiary/aromatic N) is 4. The van der Waals surface area contributed by atoms with Crippen LogP contribution in [0.1, 0.15) is 12.7 Å². The molecule has 0 atom stereocenters. The number of rotatable bonds is 4. The minimum Gasteiger partial charge on any atom is -0.381 e. The summed E-state index contributed by atoms with van der Waals surface area (Å²) in [7, 11) is 0. The van der Waals surface area contributed by atoms with E-state index < -0.39 is 11.6 Å². The lowest BCUT2D eigenvalue weighted by Crippen LogP contribution is -2.11. The third-order valence-electron chi connectivity index (χ3n) is 4.19. The number of halogens is 3. The number of benzene rings is 2. The van der Waals surface area contributed by atoms with E-state index in [1.165, 1.54) is 12.1 Å². The smallest absolute Gasteiger partial charge is 0.239 e. The maximum atomic E-state index is 14.5. The molecule has 0 fully saturated rings. The van der Waals surface area contributed by atoms with Crippen LogP contribution in [0.4, 0.5) is 26.1 Å². The molecule has 9 heteroatoms. The average molecular weight is 401 g/mol. The van der Waals surface area contributed by atoms with Gasteiger partial charge in [0.05, 0.1) is 16.1 Å². The van der Waals surface area contributed by atoms with Gasteiger partial charge in [0.25, 0.3) is 0 Å². The Bertz CT molecular complexity index is 1190. The van der Waals surface area contributed by atoms with Gasteiger partial charge >= 0.3 is 0 Å². The van der Waals surface area contributed by atoms with Gasteiger partial charge in [-0.05, 0) is 30.3 Å². The number of aromatic nitrogens is 4. The van der Waals surface area contributed by atoms with E-state index in [4.69, 9.17) is 17.3 Å². The number of hydrogen-bond acceptors (Lipinski definition) is 5. The minimum atomic E-state index is -0.832.